The average Bonchev–Trinajstić information content (AvgIpc) is 3.15. The van der Waals surface area contributed by atoms with E-state index in [9.17, 15) is 8.42 Å². The molecule has 0 saturated heterocycles. The van der Waals surface area contributed by atoms with Crippen LogP contribution in [0.2, 0.25) is 10.0 Å². The molecular formula is C19H16Cl2N6O2S2. The van der Waals surface area contributed by atoms with Crippen molar-refractivity contribution in [2.45, 2.75) is 4.90 Å². The molecule has 0 spiro atoms. The van der Waals surface area contributed by atoms with Crippen LogP contribution >= 0.6 is 34.5 Å². The van der Waals surface area contributed by atoms with Gasteiger partial charge in [-0.25, -0.2) is 27.7 Å². The first-order valence-electron chi connectivity index (χ1n) is 8.88. The lowest BCUT2D eigenvalue weighted by atomic mass is 10.3. The van der Waals surface area contributed by atoms with Gasteiger partial charge in [-0.05, 0) is 36.4 Å². The Bertz CT molecular complexity index is 1340. The Morgan fingerprint density at radius 2 is 1.65 bits per heavy atom. The van der Waals surface area contributed by atoms with Crippen molar-refractivity contribution in [3.8, 4) is 0 Å². The topological polar surface area (TPSA) is 100 Å². The van der Waals surface area contributed by atoms with Crippen LogP contribution < -0.4 is 10.6 Å². The van der Waals surface area contributed by atoms with Crippen molar-refractivity contribution < 1.29 is 8.42 Å². The molecule has 0 aliphatic rings. The second kappa shape index (κ2) is 8.56. The summed E-state index contributed by atoms with van der Waals surface area (Å²) in [5.41, 5.74) is 1.78. The fraction of sp³-hybridized carbons (Fsp3) is 0.105. The molecule has 2 aromatic carbocycles. The quantitative estimate of drug-likeness (QED) is 0.383. The van der Waals surface area contributed by atoms with Crippen LogP contribution in [0.3, 0.4) is 0 Å². The van der Waals surface area contributed by atoms with E-state index in [0.717, 1.165) is 0 Å². The molecule has 2 aromatic heterocycles. The molecule has 12 heteroatoms. The van der Waals surface area contributed by atoms with Gasteiger partial charge in [0, 0.05) is 19.8 Å². The molecule has 0 bridgehead atoms. The molecule has 8 nitrogen and oxygen atoms in total. The largest absolute Gasteiger partial charge is 0.338 e. The second-order valence-electron chi connectivity index (χ2n) is 6.55. The molecule has 0 atom stereocenters. The Balaban J connectivity index is 1.62. The number of nitrogens with one attached hydrogen (secondary N) is 2. The maximum Gasteiger partial charge on any atom is 0.242 e. The van der Waals surface area contributed by atoms with Gasteiger partial charge in [0.1, 0.15) is 11.8 Å². The van der Waals surface area contributed by atoms with Gasteiger partial charge in [-0.15, -0.1) is 0 Å². The fourth-order valence-electron chi connectivity index (χ4n) is 2.68. The molecule has 0 amide bonds. The van der Waals surface area contributed by atoms with Crippen molar-refractivity contribution in [1.29, 1.82) is 0 Å². The van der Waals surface area contributed by atoms with Gasteiger partial charge in [0.25, 0.3) is 0 Å². The Kier molecular flexibility index (Phi) is 6.00. The van der Waals surface area contributed by atoms with Gasteiger partial charge in [-0.2, -0.15) is 0 Å². The lowest BCUT2D eigenvalue weighted by molar-refractivity contribution is 0.521. The minimum absolute atomic E-state index is 0.202. The Hall–Kier alpha value is -2.50. The molecule has 0 fully saturated rings. The number of benzene rings is 2. The molecular weight excluding hydrogens is 479 g/mol. The van der Waals surface area contributed by atoms with Crippen LogP contribution in [0.15, 0.2) is 53.7 Å². The first-order chi connectivity index (χ1) is 14.8. The van der Waals surface area contributed by atoms with E-state index >= 15 is 0 Å². The van der Waals surface area contributed by atoms with E-state index in [1.54, 1.807) is 30.3 Å². The number of thiazole rings is 1. The Morgan fingerprint density at radius 1 is 0.968 bits per heavy atom. The third-order valence-electron chi connectivity index (χ3n) is 4.29. The third kappa shape index (κ3) is 4.43. The van der Waals surface area contributed by atoms with Crippen molar-refractivity contribution in [3.05, 3.63) is 58.8 Å². The molecule has 2 heterocycles. The highest BCUT2D eigenvalue weighted by atomic mass is 35.5. The van der Waals surface area contributed by atoms with Crippen molar-refractivity contribution in [2.75, 3.05) is 24.7 Å². The molecule has 4 aromatic rings. The van der Waals surface area contributed by atoms with Crippen molar-refractivity contribution in [2.24, 2.45) is 0 Å². The molecule has 0 saturated carbocycles. The van der Waals surface area contributed by atoms with Crippen LogP contribution in [-0.2, 0) is 10.0 Å². The summed E-state index contributed by atoms with van der Waals surface area (Å²) >= 11 is 13.8. The number of hydrogen-bond donors (Lipinski definition) is 2. The molecule has 0 unspecified atom stereocenters. The van der Waals surface area contributed by atoms with Gasteiger partial charge in [-0.3, -0.25) is 0 Å². The summed E-state index contributed by atoms with van der Waals surface area (Å²) < 4.78 is 25.6. The van der Waals surface area contributed by atoms with Crippen molar-refractivity contribution in [1.82, 2.24) is 19.3 Å². The van der Waals surface area contributed by atoms with Gasteiger partial charge < -0.3 is 10.6 Å². The highest BCUT2D eigenvalue weighted by Gasteiger charge is 2.17. The minimum atomic E-state index is -3.50. The zero-order valence-corrected chi connectivity index (χ0v) is 19.4. The predicted molar refractivity (Wildman–Crippen MR) is 126 cm³/mol. The SMILES string of the molecule is CN(C)S(=O)(=O)c1ccc(Nc2ncnc3sc(Nc4c(Cl)cccc4Cl)nc23)cc1. The van der Waals surface area contributed by atoms with E-state index in [1.807, 2.05) is 0 Å². The molecule has 0 aliphatic heterocycles. The number of hydrogen-bond acceptors (Lipinski definition) is 8. The Labute approximate surface area is 192 Å². The van der Waals surface area contributed by atoms with Crippen LogP contribution in [0, 0.1) is 0 Å². The number of sulfonamides is 1. The summed E-state index contributed by atoms with van der Waals surface area (Å²) in [7, 11) is -0.518. The number of aromatic nitrogens is 3. The van der Waals surface area contributed by atoms with E-state index in [-0.39, 0.29) is 4.90 Å². The summed E-state index contributed by atoms with van der Waals surface area (Å²) in [6.07, 6.45) is 1.43. The highest BCUT2D eigenvalue weighted by Crippen LogP contribution is 2.36. The van der Waals surface area contributed by atoms with Gasteiger partial charge in [-0.1, -0.05) is 40.6 Å². The van der Waals surface area contributed by atoms with Crippen LogP contribution in [0.1, 0.15) is 0 Å². The summed E-state index contributed by atoms with van der Waals surface area (Å²) in [6.45, 7) is 0. The van der Waals surface area contributed by atoms with E-state index in [1.165, 1.54) is 48.2 Å². The molecule has 2 N–H and O–H groups in total. The van der Waals surface area contributed by atoms with Gasteiger partial charge in [0.15, 0.2) is 15.8 Å². The van der Waals surface area contributed by atoms with E-state index < -0.39 is 10.0 Å². The molecule has 31 heavy (non-hydrogen) atoms. The first kappa shape index (κ1) is 21.7. The van der Waals surface area contributed by atoms with Gasteiger partial charge >= 0.3 is 0 Å². The minimum Gasteiger partial charge on any atom is -0.338 e. The maximum absolute atomic E-state index is 12.2. The van der Waals surface area contributed by atoms with Crippen molar-refractivity contribution in [3.63, 3.8) is 0 Å². The van der Waals surface area contributed by atoms with E-state index in [4.69, 9.17) is 23.2 Å². The zero-order valence-electron chi connectivity index (χ0n) is 16.3. The molecule has 0 aliphatic carbocycles. The lowest BCUT2D eigenvalue weighted by Crippen LogP contribution is -2.22. The standard InChI is InChI=1S/C19H16Cl2N6O2S2/c1-27(2)31(28,29)12-8-6-11(7-9-12)24-17-16-18(23-10-22-17)30-19(26-16)25-15-13(20)4-3-5-14(15)21/h3-10H,1-2H3,(H,25,26)(H,22,23,24). The van der Waals surface area contributed by atoms with Crippen LogP contribution in [0.25, 0.3) is 10.3 Å². The smallest absolute Gasteiger partial charge is 0.242 e. The number of para-hydroxylation sites is 1. The number of halogens is 2. The summed E-state index contributed by atoms with van der Waals surface area (Å²) in [5.74, 6) is 0.489. The van der Waals surface area contributed by atoms with Crippen LogP contribution in [0.5, 0.6) is 0 Å². The number of fused-ring (bicyclic) bond motifs is 1. The molecule has 160 valence electrons. The second-order valence-corrected chi connectivity index (χ2v) is 10.5. The number of anilines is 4. The normalized spacial score (nSPS) is 11.8. The third-order valence-corrected chi connectivity index (χ3v) is 7.62. The fourth-order valence-corrected chi connectivity index (χ4v) is 4.89. The molecule has 0 radical (unpaired) electrons. The maximum atomic E-state index is 12.2. The summed E-state index contributed by atoms with van der Waals surface area (Å²) in [6, 6.07) is 11.6. The van der Waals surface area contributed by atoms with Crippen LogP contribution in [0.4, 0.5) is 22.3 Å². The summed E-state index contributed by atoms with van der Waals surface area (Å²) in [4.78, 5) is 14.0. The highest BCUT2D eigenvalue weighted by molar-refractivity contribution is 7.89. The monoisotopic (exact) mass is 494 g/mol. The van der Waals surface area contributed by atoms with Crippen molar-refractivity contribution >= 4 is 77.2 Å². The van der Waals surface area contributed by atoms with Gasteiger partial charge in [0.2, 0.25) is 10.0 Å². The first-order valence-corrected chi connectivity index (χ1v) is 11.9. The molecule has 4 rings (SSSR count). The average molecular weight is 495 g/mol. The predicted octanol–water partition coefficient (Wildman–Crippen LogP) is 5.13. The Morgan fingerprint density at radius 3 is 2.29 bits per heavy atom. The summed E-state index contributed by atoms with van der Waals surface area (Å²) in [5, 5.41) is 7.80. The van der Waals surface area contributed by atoms with E-state index in [0.29, 0.717) is 42.7 Å². The lowest BCUT2D eigenvalue weighted by Gasteiger charge is -2.12. The zero-order chi connectivity index (χ0) is 22.2. The van der Waals surface area contributed by atoms with Crippen LogP contribution in [-0.4, -0.2) is 41.8 Å². The number of nitrogens with zero attached hydrogens (tertiary/aromatic N) is 4. The van der Waals surface area contributed by atoms with Gasteiger partial charge in [0.05, 0.1) is 20.6 Å². The number of rotatable bonds is 6. The van der Waals surface area contributed by atoms with E-state index in [2.05, 4.69) is 25.6 Å².